The minimum absolute atomic E-state index is 0.0639. The molecule has 134 valence electrons. The normalized spacial score (nSPS) is 11.7. The van der Waals surface area contributed by atoms with Crippen LogP contribution in [0.25, 0.3) is 0 Å². The Morgan fingerprint density at radius 2 is 1.72 bits per heavy atom. The van der Waals surface area contributed by atoms with Crippen LogP contribution in [0.1, 0.15) is 31.4 Å². The highest BCUT2D eigenvalue weighted by Gasteiger charge is 2.08. The van der Waals surface area contributed by atoms with Crippen LogP contribution >= 0.6 is 11.6 Å². The van der Waals surface area contributed by atoms with E-state index in [2.05, 4.69) is 12.2 Å². The first kappa shape index (κ1) is 19.1. The zero-order valence-electron chi connectivity index (χ0n) is 15.1. The molecule has 0 fully saturated rings. The maximum atomic E-state index is 12.0. The number of halogens is 1. The minimum Gasteiger partial charge on any atom is -0.491 e. The number of hydrogen-bond acceptors (Lipinski definition) is 3. The number of carbonyl (C=O) groups excluding carboxylic acids is 1. The van der Waals surface area contributed by atoms with Crippen molar-refractivity contribution in [2.45, 2.75) is 40.2 Å². The summed E-state index contributed by atoms with van der Waals surface area (Å²) in [4.78, 5) is 12.0. The molecule has 1 amide bonds. The van der Waals surface area contributed by atoms with Gasteiger partial charge in [0.2, 0.25) is 0 Å². The molecule has 25 heavy (non-hydrogen) atoms. The standard InChI is InChI=1S/C20H24ClNO3/c1-5-15(4)25-17-8-6-16(7-9-17)22-19(23)12-24-18-10-13(2)20(21)14(3)11-18/h6-11,15H,5,12H2,1-4H3,(H,22,23). The second kappa shape index (κ2) is 8.77. The lowest BCUT2D eigenvalue weighted by atomic mass is 10.1. The summed E-state index contributed by atoms with van der Waals surface area (Å²) in [5, 5.41) is 3.52. The van der Waals surface area contributed by atoms with Gasteiger partial charge in [0.25, 0.3) is 5.91 Å². The molecule has 0 spiro atoms. The molecule has 1 unspecified atom stereocenters. The second-order valence-electron chi connectivity index (χ2n) is 6.07. The van der Waals surface area contributed by atoms with Crippen LogP contribution in [0, 0.1) is 13.8 Å². The molecule has 0 aliphatic rings. The Morgan fingerprint density at radius 1 is 1.12 bits per heavy atom. The predicted octanol–water partition coefficient (Wildman–Crippen LogP) is 5.15. The molecule has 0 saturated heterocycles. The van der Waals surface area contributed by atoms with Crippen molar-refractivity contribution in [1.82, 2.24) is 0 Å². The lowest BCUT2D eigenvalue weighted by molar-refractivity contribution is -0.118. The average Bonchev–Trinajstić information content (AvgIpc) is 2.59. The molecular formula is C20H24ClNO3. The maximum Gasteiger partial charge on any atom is 0.262 e. The number of carbonyl (C=O) groups is 1. The molecule has 0 saturated carbocycles. The van der Waals surface area contributed by atoms with Crippen molar-refractivity contribution in [2.24, 2.45) is 0 Å². The van der Waals surface area contributed by atoms with E-state index in [9.17, 15) is 4.79 Å². The summed E-state index contributed by atoms with van der Waals surface area (Å²) < 4.78 is 11.3. The lowest BCUT2D eigenvalue weighted by Gasteiger charge is -2.13. The van der Waals surface area contributed by atoms with E-state index < -0.39 is 0 Å². The van der Waals surface area contributed by atoms with E-state index >= 15 is 0 Å². The molecule has 2 aromatic rings. The van der Waals surface area contributed by atoms with E-state index in [4.69, 9.17) is 21.1 Å². The summed E-state index contributed by atoms with van der Waals surface area (Å²) in [5.74, 6) is 1.20. The van der Waals surface area contributed by atoms with E-state index in [1.165, 1.54) is 0 Å². The van der Waals surface area contributed by atoms with Gasteiger partial charge in [-0.05, 0) is 74.7 Å². The number of hydrogen-bond donors (Lipinski definition) is 1. The highest BCUT2D eigenvalue weighted by molar-refractivity contribution is 6.32. The Morgan fingerprint density at radius 3 is 2.28 bits per heavy atom. The summed E-state index contributed by atoms with van der Waals surface area (Å²) in [6, 6.07) is 11.0. The third-order valence-electron chi connectivity index (χ3n) is 3.83. The van der Waals surface area contributed by atoms with Crippen molar-refractivity contribution < 1.29 is 14.3 Å². The first-order chi connectivity index (χ1) is 11.9. The van der Waals surface area contributed by atoms with Crippen LogP contribution in [0.5, 0.6) is 11.5 Å². The van der Waals surface area contributed by atoms with Crippen molar-refractivity contribution >= 4 is 23.2 Å². The van der Waals surface area contributed by atoms with Crippen molar-refractivity contribution in [3.8, 4) is 11.5 Å². The molecule has 0 aliphatic heterocycles. The molecule has 5 heteroatoms. The topological polar surface area (TPSA) is 47.6 Å². The number of aryl methyl sites for hydroxylation is 2. The fourth-order valence-corrected chi connectivity index (χ4v) is 2.38. The quantitative estimate of drug-likeness (QED) is 0.741. The van der Waals surface area contributed by atoms with Crippen molar-refractivity contribution in [1.29, 1.82) is 0 Å². The number of nitrogens with one attached hydrogen (secondary N) is 1. The van der Waals surface area contributed by atoms with E-state index in [0.717, 1.165) is 28.3 Å². The average molecular weight is 362 g/mol. The second-order valence-corrected chi connectivity index (χ2v) is 6.45. The number of rotatable bonds is 7. The van der Waals surface area contributed by atoms with Crippen LogP contribution in [0.3, 0.4) is 0 Å². The Labute approximate surface area is 154 Å². The monoisotopic (exact) mass is 361 g/mol. The molecule has 1 atom stereocenters. The van der Waals surface area contributed by atoms with Crippen molar-refractivity contribution in [2.75, 3.05) is 11.9 Å². The molecule has 2 rings (SSSR count). The Hall–Kier alpha value is -2.20. The molecular weight excluding hydrogens is 338 g/mol. The molecule has 0 bridgehead atoms. The van der Waals surface area contributed by atoms with Gasteiger partial charge >= 0.3 is 0 Å². The zero-order chi connectivity index (χ0) is 18.4. The molecule has 0 aromatic heterocycles. The van der Waals surface area contributed by atoms with Gasteiger partial charge in [-0.3, -0.25) is 4.79 Å². The van der Waals surface area contributed by atoms with Gasteiger partial charge in [0.1, 0.15) is 11.5 Å². The van der Waals surface area contributed by atoms with Gasteiger partial charge < -0.3 is 14.8 Å². The van der Waals surface area contributed by atoms with Crippen LogP contribution in [0.2, 0.25) is 5.02 Å². The van der Waals surface area contributed by atoms with E-state index in [1.807, 2.05) is 57.2 Å². The van der Waals surface area contributed by atoms with Gasteiger partial charge in [0.15, 0.2) is 6.61 Å². The number of benzene rings is 2. The molecule has 2 aromatic carbocycles. The largest absolute Gasteiger partial charge is 0.491 e. The zero-order valence-corrected chi connectivity index (χ0v) is 15.8. The van der Waals surface area contributed by atoms with Crippen LogP contribution < -0.4 is 14.8 Å². The molecule has 4 nitrogen and oxygen atoms in total. The van der Waals surface area contributed by atoms with Gasteiger partial charge in [-0.2, -0.15) is 0 Å². The molecule has 0 aliphatic carbocycles. The Kier molecular flexibility index (Phi) is 6.71. The van der Waals surface area contributed by atoms with Gasteiger partial charge in [-0.15, -0.1) is 0 Å². The summed E-state index contributed by atoms with van der Waals surface area (Å²) in [6.07, 6.45) is 1.11. The molecule has 0 radical (unpaired) electrons. The van der Waals surface area contributed by atoms with Gasteiger partial charge in [-0.1, -0.05) is 18.5 Å². The lowest BCUT2D eigenvalue weighted by Crippen LogP contribution is -2.20. The van der Waals surface area contributed by atoms with Gasteiger partial charge in [0.05, 0.1) is 6.10 Å². The van der Waals surface area contributed by atoms with E-state index in [0.29, 0.717) is 11.4 Å². The van der Waals surface area contributed by atoms with Gasteiger partial charge in [-0.25, -0.2) is 0 Å². The fraction of sp³-hybridized carbons (Fsp3) is 0.350. The van der Waals surface area contributed by atoms with Crippen LogP contribution in [-0.2, 0) is 4.79 Å². The summed E-state index contributed by atoms with van der Waals surface area (Å²) in [6.45, 7) is 7.85. The van der Waals surface area contributed by atoms with E-state index in [1.54, 1.807) is 0 Å². The van der Waals surface area contributed by atoms with Crippen molar-refractivity contribution in [3.05, 3.63) is 52.5 Å². The van der Waals surface area contributed by atoms with E-state index in [-0.39, 0.29) is 18.6 Å². The predicted molar refractivity (Wildman–Crippen MR) is 102 cm³/mol. The number of amides is 1. The van der Waals surface area contributed by atoms with Gasteiger partial charge in [0, 0.05) is 10.7 Å². The Balaban J connectivity index is 1.88. The fourth-order valence-electron chi connectivity index (χ4n) is 2.27. The Bertz CT molecular complexity index is 705. The number of ether oxygens (including phenoxy) is 2. The summed E-state index contributed by atoms with van der Waals surface area (Å²) >= 11 is 6.13. The van der Waals surface area contributed by atoms with Crippen molar-refractivity contribution in [3.63, 3.8) is 0 Å². The third kappa shape index (κ3) is 5.68. The minimum atomic E-state index is -0.221. The highest BCUT2D eigenvalue weighted by Crippen LogP contribution is 2.26. The molecule has 0 heterocycles. The van der Waals surface area contributed by atoms with Crippen LogP contribution in [0.4, 0.5) is 5.69 Å². The third-order valence-corrected chi connectivity index (χ3v) is 4.43. The SMILES string of the molecule is CCC(C)Oc1ccc(NC(=O)COc2cc(C)c(Cl)c(C)c2)cc1. The summed E-state index contributed by atoms with van der Waals surface area (Å²) in [7, 11) is 0. The van der Waals surface area contributed by atoms with Crippen LogP contribution in [0.15, 0.2) is 36.4 Å². The first-order valence-electron chi connectivity index (χ1n) is 8.35. The summed E-state index contributed by atoms with van der Waals surface area (Å²) in [5.41, 5.74) is 2.55. The first-order valence-corrected chi connectivity index (χ1v) is 8.73. The number of anilines is 1. The smallest absolute Gasteiger partial charge is 0.262 e. The molecule has 1 N–H and O–H groups in total. The van der Waals surface area contributed by atoms with Crippen LogP contribution in [-0.4, -0.2) is 18.6 Å². The maximum absolute atomic E-state index is 12.0. The highest BCUT2D eigenvalue weighted by atomic mass is 35.5.